The number of aromatic nitrogens is 1. The van der Waals surface area contributed by atoms with E-state index in [2.05, 4.69) is 162 Å². The van der Waals surface area contributed by atoms with Crippen LogP contribution < -0.4 is 5.32 Å². The van der Waals surface area contributed by atoms with E-state index in [9.17, 15) is 0 Å². The van der Waals surface area contributed by atoms with Crippen LogP contribution in [0.4, 0.5) is 0 Å². The Balaban J connectivity index is 1.14. The van der Waals surface area contributed by atoms with Crippen LogP contribution in [0.15, 0.2) is 177 Å². The predicted octanol–water partition coefficient (Wildman–Crippen LogP) is 10.2. The number of rotatable bonds is 5. The molecule has 0 amide bonds. The van der Waals surface area contributed by atoms with Crippen molar-refractivity contribution in [2.24, 2.45) is 9.98 Å². The van der Waals surface area contributed by atoms with Crippen molar-refractivity contribution in [2.75, 3.05) is 0 Å². The molecule has 7 aromatic rings. The molecule has 0 bridgehead atoms. The van der Waals surface area contributed by atoms with Gasteiger partial charge in [0.15, 0.2) is 11.4 Å². The first-order chi connectivity index (χ1) is 23.8. The lowest BCUT2D eigenvalue weighted by Gasteiger charge is -2.24. The third-order valence-corrected chi connectivity index (χ3v) is 9.75. The molecule has 5 nitrogen and oxygen atoms in total. The van der Waals surface area contributed by atoms with Crippen LogP contribution in [0.1, 0.15) is 29.6 Å². The van der Waals surface area contributed by atoms with E-state index in [1.54, 1.807) is 0 Å². The Morgan fingerprint density at radius 2 is 1.50 bits per heavy atom. The zero-order valence-corrected chi connectivity index (χ0v) is 26.0. The molecule has 0 saturated heterocycles. The van der Waals surface area contributed by atoms with Crippen molar-refractivity contribution in [3.63, 3.8) is 0 Å². The number of benzene rings is 5. The average molecular weight is 619 g/mol. The molecule has 3 heterocycles. The van der Waals surface area contributed by atoms with Gasteiger partial charge >= 0.3 is 0 Å². The van der Waals surface area contributed by atoms with E-state index in [1.807, 2.05) is 0 Å². The fourth-order valence-electron chi connectivity index (χ4n) is 7.51. The van der Waals surface area contributed by atoms with Crippen molar-refractivity contribution >= 4 is 55.4 Å². The summed E-state index contributed by atoms with van der Waals surface area (Å²) in [5.74, 6) is 1.80. The second-order valence-corrected chi connectivity index (χ2v) is 12.5. The maximum atomic E-state index is 6.78. The van der Waals surface area contributed by atoms with Crippen molar-refractivity contribution in [3.05, 3.63) is 174 Å². The number of furan rings is 1. The van der Waals surface area contributed by atoms with Crippen molar-refractivity contribution in [1.82, 2.24) is 9.88 Å². The maximum absolute atomic E-state index is 6.78. The molecule has 228 valence electrons. The Morgan fingerprint density at radius 3 is 2.29 bits per heavy atom. The van der Waals surface area contributed by atoms with Crippen LogP contribution in [-0.2, 0) is 0 Å². The van der Waals surface area contributed by atoms with E-state index in [-0.39, 0.29) is 12.1 Å². The number of amidine groups is 2. The molecule has 1 aliphatic heterocycles. The monoisotopic (exact) mass is 618 g/mol. The summed E-state index contributed by atoms with van der Waals surface area (Å²) in [7, 11) is 0. The highest BCUT2D eigenvalue weighted by Crippen LogP contribution is 2.41. The molecule has 0 saturated carbocycles. The number of allylic oxidation sites excluding steroid dienone is 5. The van der Waals surface area contributed by atoms with Crippen LogP contribution in [0.2, 0.25) is 0 Å². The van der Waals surface area contributed by atoms with Gasteiger partial charge in [-0.2, -0.15) is 0 Å². The lowest BCUT2D eigenvalue weighted by atomic mass is 10.0. The fourth-order valence-corrected chi connectivity index (χ4v) is 7.51. The summed E-state index contributed by atoms with van der Waals surface area (Å²) in [6.45, 7) is 0. The first kappa shape index (κ1) is 27.0. The molecule has 3 aliphatic rings. The minimum Gasteiger partial charge on any atom is -0.454 e. The second kappa shape index (κ2) is 10.7. The van der Waals surface area contributed by atoms with Gasteiger partial charge in [-0.25, -0.2) is 9.98 Å². The van der Waals surface area contributed by atoms with Gasteiger partial charge in [0.2, 0.25) is 0 Å². The van der Waals surface area contributed by atoms with Gasteiger partial charge in [-0.3, -0.25) is 0 Å². The smallest absolute Gasteiger partial charge is 0.159 e. The summed E-state index contributed by atoms with van der Waals surface area (Å²) in [5.41, 5.74) is 9.54. The van der Waals surface area contributed by atoms with E-state index in [1.165, 1.54) is 16.3 Å². The van der Waals surface area contributed by atoms with Crippen LogP contribution in [0.25, 0.3) is 49.4 Å². The second-order valence-electron chi connectivity index (χ2n) is 12.5. The lowest BCUT2D eigenvalue weighted by Crippen LogP contribution is -2.34. The molecule has 5 aromatic carbocycles. The van der Waals surface area contributed by atoms with Gasteiger partial charge in [-0.05, 0) is 41.8 Å². The molecular weight excluding hydrogens is 589 g/mol. The van der Waals surface area contributed by atoms with Crippen LogP contribution in [0, 0.1) is 0 Å². The van der Waals surface area contributed by atoms with Gasteiger partial charge < -0.3 is 14.3 Å². The highest BCUT2D eigenvalue weighted by atomic mass is 16.3. The lowest BCUT2D eigenvalue weighted by molar-refractivity contribution is 0.660. The van der Waals surface area contributed by atoms with E-state index < -0.39 is 0 Å². The summed E-state index contributed by atoms with van der Waals surface area (Å²) in [5, 5.41) is 8.28. The molecule has 2 unspecified atom stereocenters. The summed E-state index contributed by atoms with van der Waals surface area (Å²) in [6, 6.07) is 40.5. The molecule has 0 spiro atoms. The van der Waals surface area contributed by atoms with Gasteiger partial charge in [0.05, 0.1) is 16.7 Å². The Hall–Kier alpha value is -6.20. The van der Waals surface area contributed by atoms with E-state index in [0.717, 1.165) is 73.5 Å². The molecule has 10 rings (SSSR count). The molecule has 0 radical (unpaired) electrons. The number of hydrogen-bond donors (Lipinski definition) is 1. The number of nitrogens with zero attached hydrogens (tertiary/aromatic N) is 3. The minimum absolute atomic E-state index is 0.198. The van der Waals surface area contributed by atoms with Crippen LogP contribution in [-0.4, -0.2) is 16.2 Å². The molecule has 2 aliphatic carbocycles. The third-order valence-electron chi connectivity index (χ3n) is 9.75. The Labute approximate surface area is 277 Å². The summed E-state index contributed by atoms with van der Waals surface area (Å²) in [6.07, 6.45) is 13.6. The molecule has 2 aromatic heterocycles. The SMILES string of the molecule is C1=CCC(C2=NC(C3=CC(c4ccccc4)C=C3)=NC(c3cccc4oc5c(-n6c7ccccc7c7ccccc76)cccc5c34)N2)=C1. The van der Waals surface area contributed by atoms with Crippen molar-refractivity contribution < 1.29 is 4.42 Å². The largest absolute Gasteiger partial charge is 0.454 e. The summed E-state index contributed by atoms with van der Waals surface area (Å²) >= 11 is 0. The van der Waals surface area contributed by atoms with Crippen LogP contribution in [0.5, 0.6) is 0 Å². The Kier molecular flexibility index (Phi) is 6.00. The first-order valence-corrected chi connectivity index (χ1v) is 16.5. The number of fused-ring (bicyclic) bond motifs is 6. The summed E-state index contributed by atoms with van der Waals surface area (Å²) in [4.78, 5) is 10.4. The van der Waals surface area contributed by atoms with Crippen molar-refractivity contribution in [1.29, 1.82) is 0 Å². The number of aliphatic imine (C=N–C) groups is 2. The number of para-hydroxylation sites is 3. The first-order valence-electron chi connectivity index (χ1n) is 16.5. The average Bonchev–Trinajstić information content (AvgIpc) is 3.97. The number of nitrogens with one attached hydrogen (secondary N) is 1. The molecule has 5 heteroatoms. The zero-order valence-electron chi connectivity index (χ0n) is 26.0. The quantitative estimate of drug-likeness (QED) is 0.209. The third kappa shape index (κ3) is 4.17. The highest BCUT2D eigenvalue weighted by Gasteiger charge is 2.27. The molecule has 2 atom stereocenters. The van der Waals surface area contributed by atoms with Gasteiger partial charge in [0, 0.05) is 38.6 Å². The van der Waals surface area contributed by atoms with Gasteiger partial charge in [-0.15, -0.1) is 0 Å². The standard InChI is InChI=1S/C43H30N4O/c1-2-12-27(13-3-1)29-24-25-30(26-29)42-44-41(28-14-4-5-15-28)45-43(46-42)34-19-11-23-38-39(34)33-18-10-22-37(40(33)48-38)47-35-20-8-6-16-31(35)32-17-7-9-21-36(32)47/h1-14,16-26,29,43H,15H2,(H,44,45,46). The minimum atomic E-state index is -0.347. The predicted molar refractivity (Wildman–Crippen MR) is 197 cm³/mol. The normalized spacial score (nSPS) is 18.8. The van der Waals surface area contributed by atoms with E-state index >= 15 is 0 Å². The topological polar surface area (TPSA) is 54.8 Å². The van der Waals surface area contributed by atoms with E-state index in [4.69, 9.17) is 14.4 Å². The molecule has 0 fully saturated rings. The van der Waals surface area contributed by atoms with Crippen molar-refractivity contribution in [2.45, 2.75) is 18.5 Å². The Bertz CT molecular complexity index is 2570. The van der Waals surface area contributed by atoms with Gasteiger partial charge in [-0.1, -0.05) is 127 Å². The summed E-state index contributed by atoms with van der Waals surface area (Å²) < 4.78 is 9.11. The molecule has 48 heavy (non-hydrogen) atoms. The van der Waals surface area contributed by atoms with Crippen molar-refractivity contribution in [3.8, 4) is 5.69 Å². The molecule has 1 N–H and O–H groups in total. The van der Waals surface area contributed by atoms with Crippen LogP contribution >= 0.6 is 0 Å². The highest BCUT2D eigenvalue weighted by molar-refractivity contribution is 6.16. The van der Waals surface area contributed by atoms with Gasteiger partial charge in [0.1, 0.15) is 17.6 Å². The van der Waals surface area contributed by atoms with Gasteiger partial charge in [0.25, 0.3) is 0 Å². The van der Waals surface area contributed by atoms with Crippen LogP contribution in [0.3, 0.4) is 0 Å². The maximum Gasteiger partial charge on any atom is 0.159 e. The zero-order chi connectivity index (χ0) is 31.6. The number of hydrogen-bond acceptors (Lipinski definition) is 4. The fraction of sp³-hybridized carbons (Fsp3) is 0.0698. The van der Waals surface area contributed by atoms with E-state index in [0.29, 0.717) is 0 Å². The molecular formula is C43H30N4O. The Morgan fingerprint density at radius 1 is 0.750 bits per heavy atom.